The van der Waals surface area contributed by atoms with E-state index in [0.717, 1.165) is 0 Å². The number of ether oxygens (including phenoxy) is 1. The maximum atomic E-state index is 8.53. The average molecular weight is 181 g/mol. The lowest BCUT2D eigenvalue weighted by atomic mass is 10.2. The van der Waals surface area contributed by atoms with Gasteiger partial charge >= 0.3 is 0 Å². The van der Waals surface area contributed by atoms with Crippen LogP contribution in [-0.4, -0.2) is 22.6 Å². The predicted octanol–water partition coefficient (Wildman–Crippen LogP) is 0.784. The molecule has 0 bridgehead atoms. The number of hydrogen-bond donors (Lipinski definition) is 3. The Hall–Kier alpha value is -1.62. The summed E-state index contributed by atoms with van der Waals surface area (Å²) in [5, 5.41) is 15.9. The summed E-state index contributed by atoms with van der Waals surface area (Å²) < 4.78 is 5.21. The van der Waals surface area contributed by atoms with Gasteiger partial charge in [-0.2, -0.15) is 0 Å². The topological polar surface area (TPSA) is 78.2 Å². The first-order valence-corrected chi connectivity index (χ1v) is 3.85. The Morgan fingerprint density at radius 2 is 2.54 bits per heavy atom. The SMILES string of the molecule is CCOc1cnccc1C(=N)NO. The quantitative estimate of drug-likeness (QED) is 0.366. The van der Waals surface area contributed by atoms with Crippen LogP contribution in [0.1, 0.15) is 12.5 Å². The van der Waals surface area contributed by atoms with Gasteiger partial charge in [0, 0.05) is 6.20 Å². The highest BCUT2D eigenvalue weighted by Crippen LogP contribution is 2.15. The Labute approximate surface area is 75.8 Å². The van der Waals surface area contributed by atoms with Gasteiger partial charge in [0.2, 0.25) is 0 Å². The van der Waals surface area contributed by atoms with Gasteiger partial charge in [0.1, 0.15) is 5.75 Å². The summed E-state index contributed by atoms with van der Waals surface area (Å²) in [6.45, 7) is 2.34. The van der Waals surface area contributed by atoms with Crippen molar-refractivity contribution in [3.63, 3.8) is 0 Å². The van der Waals surface area contributed by atoms with E-state index in [1.54, 1.807) is 11.5 Å². The van der Waals surface area contributed by atoms with Crippen molar-refractivity contribution in [2.45, 2.75) is 6.92 Å². The van der Waals surface area contributed by atoms with E-state index in [-0.39, 0.29) is 5.84 Å². The summed E-state index contributed by atoms with van der Waals surface area (Å²) in [5.74, 6) is 0.377. The van der Waals surface area contributed by atoms with Gasteiger partial charge in [-0.25, -0.2) is 0 Å². The first-order chi connectivity index (χ1) is 6.29. The highest BCUT2D eigenvalue weighted by molar-refractivity contribution is 5.97. The van der Waals surface area contributed by atoms with Crippen molar-refractivity contribution in [2.24, 2.45) is 0 Å². The van der Waals surface area contributed by atoms with Crippen LogP contribution in [0.5, 0.6) is 5.75 Å². The molecule has 0 fully saturated rings. The van der Waals surface area contributed by atoms with E-state index >= 15 is 0 Å². The molecule has 1 aromatic heterocycles. The van der Waals surface area contributed by atoms with Gasteiger partial charge < -0.3 is 4.74 Å². The number of amidine groups is 1. The van der Waals surface area contributed by atoms with Crippen molar-refractivity contribution in [1.29, 1.82) is 5.41 Å². The molecule has 1 rings (SSSR count). The monoisotopic (exact) mass is 181 g/mol. The van der Waals surface area contributed by atoms with Crippen molar-refractivity contribution in [2.75, 3.05) is 6.61 Å². The van der Waals surface area contributed by atoms with E-state index in [0.29, 0.717) is 17.9 Å². The molecule has 0 saturated heterocycles. The Bertz CT molecular complexity index is 301. The number of hydrogen-bond acceptors (Lipinski definition) is 4. The number of nitrogens with one attached hydrogen (secondary N) is 2. The van der Waals surface area contributed by atoms with Gasteiger partial charge in [-0.3, -0.25) is 21.1 Å². The molecule has 0 atom stereocenters. The van der Waals surface area contributed by atoms with Crippen molar-refractivity contribution >= 4 is 5.84 Å². The number of hydroxylamine groups is 1. The molecule has 0 aliphatic carbocycles. The van der Waals surface area contributed by atoms with Crippen molar-refractivity contribution in [3.05, 3.63) is 24.0 Å². The molecule has 0 aliphatic rings. The second-order valence-electron chi connectivity index (χ2n) is 2.29. The van der Waals surface area contributed by atoms with Crippen LogP contribution in [0.25, 0.3) is 0 Å². The number of nitrogens with zero attached hydrogens (tertiary/aromatic N) is 1. The lowest BCUT2D eigenvalue weighted by Crippen LogP contribution is -2.19. The number of aromatic nitrogens is 1. The zero-order chi connectivity index (χ0) is 9.68. The molecule has 13 heavy (non-hydrogen) atoms. The average Bonchev–Trinajstić information content (AvgIpc) is 2.18. The smallest absolute Gasteiger partial charge is 0.153 e. The van der Waals surface area contributed by atoms with E-state index in [2.05, 4.69) is 4.98 Å². The molecule has 1 aromatic rings. The Kier molecular flexibility index (Phi) is 3.22. The molecule has 0 aliphatic heterocycles. The Balaban J connectivity index is 2.97. The van der Waals surface area contributed by atoms with Gasteiger partial charge in [0.25, 0.3) is 0 Å². The fourth-order valence-electron chi connectivity index (χ4n) is 0.917. The lowest BCUT2D eigenvalue weighted by molar-refractivity contribution is 0.233. The normalized spacial score (nSPS) is 9.38. The minimum atomic E-state index is -0.106. The summed E-state index contributed by atoms with van der Waals surface area (Å²) in [6.07, 6.45) is 3.04. The zero-order valence-corrected chi connectivity index (χ0v) is 7.24. The molecule has 1 heterocycles. The molecule has 0 unspecified atom stereocenters. The third-order valence-electron chi connectivity index (χ3n) is 1.47. The molecule has 0 amide bonds. The first-order valence-electron chi connectivity index (χ1n) is 3.85. The fourth-order valence-corrected chi connectivity index (χ4v) is 0.917. The van der Waals surface area contributed by atoms with E-state index in [4.69, 9.17) is 15.4 Å². The maximum Gasteiger partial charge on any atom is 0.153 e. The third kappa shape index (κ3) is 2.16. The molecule has 70 valence electrons. The van der Waals surface area contributed by atoms with Crippen LogP contribution in [0.15, 0.2) is 18.5 Å². The van der Waals surface area contributed by atoms with Crippen LogP contribution >= 0.6 is 0 Å². The second kappa shape index (κ2) is 4.42. The zero-order valence-electron chi connectivity index (χ0n) is 7.24. The van der Waals surface area contributed by atoms with E-state index in [1.807, 2.05) is 6.92 Å². The highest BCUT2D eigenvalue weighted by Gasteiger charge is 2.07. The van der Waals surface area contributed by atoms with Gasteiger partial charge in [-0.1, -0.05) is 0 Å². The first kappa shape index (κ1) is 9.47. The van der Waals surface area contributed by atoms with Crippen LogP contribution in [0.3, 0.4) is 0 Å². The maximum absolute atomic E-state index is 8.53. The van der Waals surface area contributed by atoms with E-state index < -0.39 is 0 Å². The van der Waals surface area contributed by atoms with Crippen LogP contribution in [0.4, 0.5) is 0 Å². The summed E-state index contributed by atoms with van der Waals surface area (Å²) in [4.78, 5) is 3.85. The van der Waals surface area contributed by atoms with Crippen molar-refractivity contribution in [1.82, 2.24) is 10.5 Å². The van der Waals surface area contributed by atoms with E-state index in [1.165, 1.54) is 12.4 Å². The molecule has 3 N–H and O–H groups in total. The van der Waals surface area contributed by atoms with Crippen LogP contribution in [-0.2, 0) is 0 Å². The molecular weight excluding hydrogens is 170 g/mol. The standard InChI is InChI=1S/C8H11N3O2/c1-2-13-7-5-10-4-3-6(7)8(9)11-12/h3-5,12H,2H2,1H3,(H2,9,11). The van der Waals surface area contributed by atoms with E-state index in [9.17, 15) is 0 Å². The molecule has 0 spiro atoms. The lowest BCUT2D eigenvalue weighted by Gasteiger charge is -2.08. The highest BCUT2D eigenvalue weighted by atomic mass is 16.5. The summed E-state index contributed by atoms with van der Waals surface area (Å²) in [5.41, 5.74) is 2.24. The second-order valence-corrected chi connectivity index (χ2v) is 2.29. The summed E-state index contributed by atoms with van der Waals surface area (Å²) in [6, 6.07) is 1.59. The van der Waals surface area contributed by atoms with Crippen LogP contribution < -0.4 is 10.2 Å². The molecular formula is C8H11N3O2. The minimum absolute atomic E-state index is 0.106. The summed E-state index contributed by atoms with van der Waals surface area (Å²) >= 11 is 0. The van der Waals surface area contributed by atoms with Gasteiger partial charge in [-0.05, 0) is 13.0 Å². The van der Waals surface area contributed by atoms with Gasteiger partial charge in [-0.15, -0.1) is 0 Å². The fraction of sp³-hybridized carbons (Fsp3) is 0.250. The number of pyridine rings is 1. The predicted molar refractivity (Wildman–Crippen MR) is 47.2 cm³/mol. The largest absolute Gasteiger partial charge is 0.491 e. The summed E-state index contributed by atoms with van der Waals surface area (Å²) in [7, 11) is 0. The Morgan fingerprint density at radius 3 is 3.15 bits per heavy atom. The Morgan fingerprint density at radius 1 is 1.77 bits per heavy atom. The third-order valence-corrected chi connectivity index (χ3v) is 1.47. The van der Waals surface area contributed by atoms with Crippen LogP contribution in [0, 0.1) is 5.41 Å². The van der Waals surface area contributed by atoms with Crippen LogP contribution in [0.2, 0.25) is 0 Å². The molecule has 5 nitrogen and oxygen atoms in total. The molecule has 5 heteroatoms. The van der Waals surface area contributed by atoms with Crippen molar-refractivity contribution < 1.29 is 9.94 Å². The van der Waals surface area contributed by atoms with Gasteiger partial charge in [0.15, 0.2) is 5.84 Å². The molecule has 0 radical (unpaired) electrons. The molecule has 0 saturated carbocycles. The van der Waals surface area contributed by atoms with Crippen molar-refractivity contribution in [3.8, 4) is 5.75 Å². The number of rotatable bonds is 3. The molecule has 0 aromatic carbocycles. The minimum Gasteiger partial charge on any atom is -0.491 e. The van der Waals surface area contributed by atoms with Gasteiger partial charge in [0.05, 0.1) is 18.4 Å².